The molecule has 0 aliphatic carbocycles. The first-order valence-corrected chi connectivity index (χ1v) is 7.61. The van der Waals surface area contributed by atoms with Crippen molar-refractivity contribution < 1.29 is 14.3 Å². The molecule has 6 nitrogen and oxygen atoms in total. The first kappa shape index (κ1) is 15.6. The number of hydrogen-bond donors (Lipinski definition) is 0. The van der Waals surface area contributed by atoms with E-state index in [1.165, 1.54) is 12.7 Å². The number of hydrogen-bond acceptors (Lipinski definition) is 6. The van der Waals surface area contributed by atoms with Gasteiger partial charge in [0.15, 0.2) is 0 Å². The second-order valence-corrected chi connectivity index (χ2v) is 5.64. The highest BCUT2D eigenvalue weighted by Gasteiger charge is 2.35. The summed E-state index contributed by atoms with van der Waals surface area (Å²) >= 11 is 0. The Morgan fingerprint density at radius 2 is 2.09 bits per heavy atom. The lowest BCUT2D eigenvalue weighted by Crippen LogP contribution is -2.55. The second kappa shape index (κ2) is 6.83. The Hall–Kier alpha value is -2.34. The molecule has 0 unspecified atom stereocenters. The number of rotatable bonds is 4. The average Bonchev–Trinajstić information content (AvgIpc) is 2.61. The van der Waals surface area contributed by atoms with E-state index in [9.17, 15) is 4.79 Å². The topological polar surface area (TPSA) is 54.4 Å². The fourth-order valence-electron chi connectivity index (χ4n) is 2.96. The summed E-state index contributed by atoms with van der Waals surface area (Å²) in [7, 11) is 3.08. The zero-order chi connectivity index (χ0) is 16.2. The van der Waals surface area contributed by atoms with Gasteiger partial charge in [-0.2, -0.15) is 0 Å². The van der Waals surface area contributed by atoms with E-state index in [2.05, 4.69) is 28.1 Å². The standard InChI is InChI=1S/C17H21N3O3/c1-22-15-5-3-13(4-6-15)9-19-10-14-7-8-18-12-20(14)16(11-19)17(21)23-2/h3-7,12,16H,8-11H2,1-2H3/t16-/m1/s1. The predicted molar refractivity (Wildman–Crippen MR) is 87.4 cm³/mol. The maximum absolute atomic E-state index is 12.1. The quantitative estimate of drug-likeness (QED) is 0.784. The lowest BCUT2D eigenvalue weighted by molar-refractivity contribution is -0.146. The minimum atomic E-state index is -0.345. The summed E-state index contributed by atoms with van der Waals surface area (Å²) in [5.74, 6) is 0.612. The summed E-state index contributed by atoms with van der Waals surface area (Å²) in [4.78, 5) is 20.5. The molecule has 0 spiro atoms. The largest absolute Gasteiger partial charge is 0.497 e. The number of piperazine rings is 1. The van der Waals surface area contributed by atoms with Crippen LogP contribution < -0.4 is 4.74 Å². The zero-order valence-corrected chi connectivity index (χ0v) is 13.4. The summed E-state index contributed by atoms with van der Waals surface area (Å²) < 4.78 is 10.1. The lowest BCUT2D eigenvalue weighted by Gasteiger charge is -2.41. The van der Waals surface area contributed by atoms with Gasteiger partial charge in [0.25, 0.3) is 0 Å². The summed E-state index contributed by atoms with van der Waals surface area (Å²) in [6.45, 7) is 2.85. The van der Waals surface area contributed by atoms with Crippen molar-refractivity contribution in [1.29, 1.82) is 0 Å². The molecule has 1 atom stereocenters. The van der Waals surface area contributed by atoms with Crippen LogP contribution in [-0.2, 0) is 16.1 Å². The smallest absolute Gasteiger partial charge is 0.330 e. The number of fused-ring (bicyclic) bond motifs is 1. The molecule has 1 fully saturated rings. The van der Waals surface area contributed by atoms with E-state index < -0.39 is 0 Å². The summed E-state index contributed by atoms with van der Waals surface area (Å²) in [6, 6.07) is 7.66. The van der Waals surface area contributed by atoms with Crippen molar-refractivity contribution in [2.45, 2.75) is 12.6 Å². The number of ether oxygens (including phenoxy) is 2. The van der Waals surface area contributed by atoms with Gasteiger partial charge in [-0.15, -0.1) is 0 Å². The van der Waals surface area contributed by atoms with Gasteiger partial charge in [-0.25, -0.2) is 4.79 Å². The molecule has 0 saturated carbocycles. The Labute approximate surface area is 136 Å². The molecule has 1 aromatic rings. The molecule has 23 heavy (non-hydrogen) atoms. The van der Waals surface area contributed by atoms with Gasteiger partial charge in [0.2, 0.25) is 0 Å². The molecule has 2 aliphatic rings. The van der Waals surface area contributed by atoms with Crippen molar-refractivity contribution >= 4 is 12.3 Å². The Kier molecular flexibility index (Phi) is 4.62. The predicted octanol–water partition coefficient (Wildman–Crippen LogP) is 1.28. The van der Waals surface area contributed by atoms with Gasteiger partial charge in [-0.05, 0) is 23.8 Å². The van der Waals surface area contributed by atoms with Gasteiger partial charge in [0.05, 0.1) is 27.1 Å². The van der Waals surface area contributed by atoms with Crippen molar-refractivity contribution in [3.63, 3.8) is 0 Å². The molecule has 0 aromatic heterocycles. The molecule has 0 radical (unpaired) electrons. The van der Waals surface area contributed by atoms with Crippen molar-refractivity contribution in [2.24, 2.45) is 4.99 Å². The molecule has 0 N–H and O–H groups in total. The molecule has 6 heteroatoms. The van der Waals surface area contributed by atoms with Crippen LogP contribution in [0.3, 0.4) is 0 Å². The lowest BCUT2D eigenvalue weighted by atomic mass is 10.1. The molecular formula is C17H21N3O3. The SMILES string of the molecule is COC(=O)[C@H]1CN(Cc2ccc(OC)cc2)CC2=CCN=CN21. The molecule has 2 heterocycles. The Bertz CT molecular complexity index is 624. The number of nitrogens with zero attached hydrogens (tertiary/aromatic N) is 3. The van der Waals surface area contributed by atoms with Crippen LogP contribution in [0.1, 0.15) is 5.56 Å². The average molecular weight is 315 g/mol. The second-order valence-electron chi connectivity index (χ2n) is 5.64. The highest BCUT2D eigenvalue weighted by atomic mass is 16.5. The summed E-state index contributed by atoms with van der Waals surface area (Å²) in [6.07, 6.45) is 3.82. The molecular weight excluding hydrogens is 294 g/mol. The van der Waals surface area contributed by atoms with E-state index in [1.54, 1.807) is 13.4 Å². The third-order valence-electron chi connectivity index (χ3n) is 4.16. The van der Waals surface area contributed by atoms with Gasteiger partial charge >= 0.3 is 5.97 Å². The Morgan fingerprint density at radius 3 is 2.78 bits per heavy atom. The van der Waals surface area contributed by atoms with Crippen molar-refractivity contribution in [2.75, 3.05) is 33.9 Å². The number of carbonyl (C=O) groups excluding carboxylic acids is 1. The number of carbonyl (C=O) groups is 1. The third kappa shape index (κ3) is 3.37. The minimum Gasteiger partial charge on any atom is -0.497 e. The van der Waals surface area contributed by atoms with Crippen LogP contribution >= 0.6 is 0 Å². The molecule has 3 rings (SSSR count). The van der Waals surface area contributed by atoms with Crippen molar-refractivity contribution in [3.05, 3.63) is 41.6 Å². The van der Waals surface area contributed by atoms with Gasteiger partial charge in [0.1, 0.15) is 11.8 Å². The molecule has 0 amide bonds. The molecule has 1 aromatic carbocycles. The van der Waals surface area contributed by atoms with Crippen LogP contribution in [0.2, 0.25) is 0 Å². The third-order valence-corrected chi connectivity index (χ3v) is 4.16. The molecule has 0 bridgehead atoms. The maximum atomic E-state index is 12.1. The van der Waals surface area contributed by atoms with Crippen LogP contribution in [0.5, 0.6) is 5.75 Å². The molecule has 2 aliphatic heterocycles. The number of benzene rings is 1. The van der Waals surface area contributed by atoms with E-state index >= 15 is 0 Å². The van der Waals surface area contributed by atoms with Crippen LogP contribution in [0.25, 0.3) is 0 Å². The maximum Gasteiger partial charge on any atom is 0.330 e. The van der Waals surface area contributed by atoms with Gasteiger partial charge < -0.3 is 14.4 Å². The minimum absolute atomic E-state index is 0.233. The van der Waals surface area contributed by atoms with Crippen LogP contribution in [-0.4, -0.2) is 62.0 Å². The summed E-state index contributed by atoms with van der Waals surface area (Å²) in [5.41, 5.74) is 2.29. The van der Waals surface area contributed by atoms with E-state index in [0.29, 0.717) is 13.1 Å². The molecule has 1 saturated heterocycles. The van der Waals surface area contributed by atoms with E-state index in [1.807, 2.05) is 17.0 Å². The number of methoxy groups -OCH3 is 2. The van der Waals surface area contributed by atoms with Crippen LogP contribution in [0.15, 0.2) is 41.0 Å². The van der Waals surface area contributed by atoms with Gasteiger partial charge in [0, 0.05) is 25.3 Å². The summed E-state index contributed by atoms with van der Waals surface area (Å²) in [5, 5.41) is 0. The highest BCUT2D eigenvalue weighted by Crippen LogP contribution is 2.22. The Balaban J connectivity index is 1.74. The Morgan fingerprint density at radius 1 is 1.30 bits per heavy atom. The normalized spacial score (nSPS) is 20.7. The van der Waals surface area contributed by atoms with E-state index in [-0.39, 0.29) is 12.0 Å². The van der Waals surface area contributed by atoms with E-state index in [4.69, 9.17) is 9.47 Å². The first-order chi connectivity index (χ1) is 11.2. The first-order valence-electron chi connectivity index (χ1n) is 7.61. The number of aliphatic imine (C=N–C) groups is 1. The fourth-order valence-corrected chi connectivity index (χ4v) is 2.96. The highest BCUT2D eigenvalue weighted by molar-refractivity contribution is 5.80. The van der Waals surface area contributed by atoms with E-state index in [0.717, 1.165) is 24.5 Å². The van der Waals surface area contributed by atoms with Gasteiger partial charge in [-0.3, -0.25) is 9.89 Å². The zero-order valence-electron chi connectivity index (χ0n) is 13.4. The van der Waals surface area contributed by atoms with Crippen molar-refractivity contribution in [3.8, 4) is 5.75 Å². The van der Waals surface area contributed by atoms with Crippen LogP contribution in [0.4, 0.5) is 0 Å². The fraction of sp³-hybridized carbons (Fsp3) is 0.412. The van der Waals surface area contributed by atoms with Crippen molar-refractivity contribution in [1.82, 2.24) is 9.80 Å². The van der Waals surface area contributed by atoms with Gasteiger partial charge in [-0.1, -0.05) is 12.1 Å². The molecule has 122 valence electrons. The number of esters is 1. The monoisotopic (exact) mass is 315 g/mol. The van der Waals surface area contributed by atoms with Crippen LogP contribution in [0, 0.1) is 0 Å².